The second-order valence-corrected chi connectivity index (χ2v) is 5.32. The average Bonchev–Trinajstić information content (AvgIpc) is 2.43. The Balaban J connectivity index is 2.20. The fourth-order valence-corrected chi connectivity index (χ4v) is 3.03. The van der Waals surface area contributed by atoms with Gasteiger partial charge < -0.3 is 4.90 Å². The van der Waals surface area contributed by atoms with Crippen molar-refractivity contribution in [2.45, 2.75) is 25.4 Å². The standard InChI is InChI=1S/C8H10N2O6S/c1-4-7(8(13)10(4)17(14,15)16)9-3-5(11)2-6(9)12/h4,7H,2-3H2,1H3,(H,14,15,16)/t4-,7-/m0/s1. The molecule has 2 saturated heterocycles. The van der Waals surface area contributed by atoms with Gasteiger partial charge in [-0.05, 0) is 6.92 Å². The smallest absolute Gasteiger partial charge is 0.321 e. The Morgan fingerprint density at radius 2 is 1.88 bits per heavy atom. The van der Waals surface area contributed by atoms with Gasteiger partial charge in [-0.2, -0.15) is 8.42 Å². The van der Waals surface area contributed by atoms with Gasteiger partial charge >= 0.3 is 10.3 Å². The van der Waals surface area contributed by atoms with E-state index in [9.17, 15) is 22.8 Å². The lowest BCUT2D eigenvalue weighted by molar-refractivity contribution is -0.154. The average molecular weight is 262 g/mol. The first-order chi connectivity index (χ1) is 7.73. The zero-order chi connectivity index (χ0) is 13.0. The SMILES string of the molecule is C[C@H]1[C@H](N2CC(=O)CC2=O)C(=O)N1S(=O)(=O)O. The van der Waals surface area contributed by atoms with E-state index in [0.29, 0.717) is 4.31 Å². The van der Waals surface area contributed by atoms with Crippen molar-refractivity contribution in [3.8, 4) is 0 Å². The first-order valence-electron chi connectivity index (χ1n) is 4.85. The highest BCUT2D eigenvalue weighted by Gasteiger charge is 2.55. The summed E-state index contributed by atoms with van der Waals surface area (Å²) in [6.07, 6.45) is -0.262. The van der Waals surface area contributed by atoms with Gasteiger partial charge in [0.2, 0.25) is 5.91 Å². The second-order valence-electron chi connectivity index (χ2n) is 4.03. The van der Waals surface area contributed by atoms with Crippen LogP contribution in [0.5, 0.6) is 0 Å². The zero-order valence-corrected chi connectivity index (χ0v) is 9.68. The molecular formula is C8H10N2O6S. The number of amides is 2. The van der Waals surface area contributed by atoms with Gasteiger partial charge in [0.05, 0.1) is 19.0 Å². The summed E-state index contributed by atoms with van der Waals surface area (Å²) < 4.78 is 30.7. The summed E-state index contributed by atoms with van der Waals surface area (Å²) in [6.45, 7) is 1.20. The van der Waals surface area contributed by atoms with Gasteiger partial charge in [-0.3, -0.25) is 18.9 Å². The molecule has 94 valence electrons. The van der Waals surface area contributed by atoms with Gasteiger partial charge in [-0.25, -0.2) is 4.31 Å². The minimum atomic E-state index is -4.60. The third kappa shape index (κ3) is 1.71. The maximum atomic E-state index is 11.5. The van der Waals surface area contributed by atoms with Gasteiger partial charge in [-0.15, -0.1) is 0 Å². The fraction of sp³-hybridized carbons (Fsp3) is 0.625. The molecule has 0 bridgehead atoms. The lowest BCUT2D eigenvalue weighted by atomic mass is 9.99. The highest BCUT2D eigenvalue weighted by Crippen LogP contribution is 2.29. The highest BCUT2D eigenvalue weighted by atomic mass is 32.2. The predicted molar refractivity (Wildman–Crippen MR) is 53.0 cm³/mol. The molecule has 2 fully saturated rings. The van der Waals surface area contributed by atoms with Crippen molar-refractivity contribution < 1.29 is 27.4 Å². The number of hydrogen-bond donors (Lipinski definition) is 1. The van der Waals surface area contributed by atoms with Crippen molar-refractivity contribution in [1.82, 2.24) is 9.21 Å². The molecule has 17 heavy (non-hydrogen) atoms. The van der Waals surface area contributed by atoms with E-state index in [2.05, 4.69) is 0 Å². The molecule has 2 rings (SSSR count). The van der Waals surface area contributed by atoms with Crippen molar-refractivity contribution in [2.24, 2.45) is 0 Å². The Morgan fingerprint density at radius 1 is 1.29 bits per heavy atom. The number of likely N-dealkylation sites (tertiary alicyclic amines) is 1. The third-order valence-electron chi connectivity index (χ3n) is 2.90. The molecule has 2 atom stereocenters. The summed E-state index contributed by atoms with van der Waals surface area (Å²) in [5.74, 6) is -1.68. The van der Waals surface area contributed by atoms with Crippen LogP contribution >= 0.6 is 0 Å². The molecule has 2 amide bonds. The van der Waals surface area contributed by atoms with Gasteiger partial charge in [0.15, 0.2) is 5.78 Å². The van der Waals surface area contributed by atoms with Crippen LogP contribution in [0.25, 0.3) is 0 Å². The van der Waals surface area contributed by atoms with E-state index in [4.69, 9.17) is 4.55 Å². The highest BCUT2D eigenvalue weighted by molar-refractivity contribution is 7.84. The summed E-state index contributed by atoms with van der Waals surface area (Å²) in [5, 5.41) is 0. The van der Waals surface area contributed by atoms with Crippen LogP contribution in [0.2, 0.25) is 0 Å². The lowest BCUT2D eigenvalue weighted by Crippen LogP contribution is -2.70. The normalized spacial score (nSPS) is 29.9. The Morgan fingerprint density at radius 3 is 2.24 bits per heavy atom. The van der Waals surface area contributed by atoms with E-state index in [-0.39, 0.29) is 18.7 Å². The van der Waals surface area contributed by atoms with Crippen LogP contribution in [0.1, 0.15) is 13.3 Å². The Bertz CT molecular complexity index is 512. The van der Waals surface area contributed by atoms with Gasteiger partial charge in [0.25, 0.3) is 5.91 Å². The molecule has 0 aromatic heterocycles. The van der Waals surface area contributed by atoms with Gasteiger partial charge in [0.1, 0.15) is 6.04 Å². The molecular weight excluding hydrogens is 252 g/mol. The topological polar surface area (TPSA) is 112 Å². The molecule has 0 aliphatic carbocycles. The molecule has 1 N–H and O–H groups in total. The first kappa shape index (κ1) is 12.0. The lowest BCUT2D eigenvalue weighted by Gasteiger charge is -2.45. The van der Waals surface area contributed by atoms with Crippen LogP contribution in [0.3, 0.4) is 0 Å². The molecule has 0 unspecified atom stereocenters. The largest absolute Gasteiger partial charge is 0.362 e. The van der Waals surface area contributed by atoms with E-state index < -0.39 is 34.2 Å². The van der Waals surface area contributed by atoms with Crippen molar-refractivity contribution >= 4 is 27.9 Å². The van der Waals surface area contributed by atoms with Crippen molar-refractivity contribution in [3.05, 3.63) is 0 Å². The quantitative estimate of drug-likeness (QED) is 0.356. The van der Waals surface area contributed by atoms with E-state index in [1.807, 2.05) is 0 Å². The molecule has 0 radical (unpaired) electrons. The van der Waals surface area contributed by atoms with E-state index in [1.54, 1.807) is 0 Å². The monoisotopic (exact) mass is 262 g/mol. The van der Waals surface area contributed by atoms with Crippen LogP contribution < -0.4 is 0 Å². The minimum Gasteiger partial charge on any atom is -0.321 e. The molecule has 8 nitrogen and oxygen atoms in total. The maximum absolute atomic E-state index is 11.5. The number of nitrogens with zero attached hydrogens (tertiary/aromatic N) is 2. The van der Waals surface area contributed by atoms with Crippen LogP contribution in [0, 0.1) is 0 Å². The fourth-order valence-electron chi connectivity index (χ4n) is 2.16. The Kier molecular flexibility index (Phi) is 2.47. The van der Waals surface area contributed by atoms with E-state index in [1.165, 1.54) is 6.92 Å². The zero-order valence-electron chi connectivity index (χ0n) is 8.86. The van der Waals surface area contributed by atoms with Crippen molar-refractivity contribution in [2.75, 3.05) is 6.54 Å². The van der Waals surface area contributed by atoms with Gasteiger partial charge in [0, 0.05) is 0 Å². The molecule has 2 heterocycles. The van der Waals surface area contributed by atoms with Crippen LogP contribution in [0.15, 0.2) is 0 Å². The summed E-state index contributed by atoms with van der Waals surface area (Å²) in [4.78, 5) is 35.0. The Labute approximate surface area is 97.1 Å². The number of ketones is 1. The number of hydrogen-bond acceptors (Lipinski definition) is 5. The van der Waals surface area contributed by atoms with Gasteiger partial charge in [-0.1, -0.05) is 0 Å². The first-order valence-corrected chi connectivity index (χ1v) is 6.25. The number of rotatable bonds is 2. The van der Waals surface area contributed by atoms with E-state index in [0.717, 1.165) is 4.90 Å². The molecule has 2 aliphatic rings. The molecule has 0 aromatic rings. The summed E-state index contributed by atoms with van der Waals surface area (Å²) >= 11 is 0. The molecule has 0 saturated carbocycles. The maximum Gasteiger partial charge on any atom is 0.362 e. The number of Topliss-reactive ketones (excluding diaryl/α,β-unsaturated/α-hetero) is 1. The molecule has 0 spiro atoms. The third-order valence-corrected chi connectivity index (χ3v) is 3.91. The number of β-lactam (4-membered cyclic amide) rings is 1. The number of carbonyl (C=O) groups is 3. The predicted octanol–water partition coefficient (Wildman–Crippen LogP) is -1.81. The molecule has 9 heteroatoms. The summed E-state index contributed by atoms with van der Waals surface area (Å²) in [5.41, 5.74) is 0. The molecule has 2 aliphatic heterocycles. The Hall–Kier alpha value is -1.48. The summed E-state index contributed by atoms with van der Waals surface area (Å²) in [7, 11) is -4.60. The van der Waals surface area contributed by atoms with Crippen LogP contribution in [-0.4, -0.2) is 58.4 Å². The molecule has 0 aromatic carbocycles. The second kappa shape index (κ2) is 3.50. The minimum absolute atomic E-state index is 0.182. The number of carbonyl (C=O) groups excluding carboxylic acids is 3. The van der Waals surface area contributed by atoms with E-state index >= 15 is 0 Å². The van der Waals surface area contributed by atoms with Crippen molar-refractivity contribution in [1.29, 1.82) is 0 Å². The van der Waals surface area contributed by atoms with Crippen LogP contribution in [-0.2, 0) is 24.7 Å². The summed E-state index contributed by atoms with van der Waals surface area (Å²) in [6, 6.07) is -1.83. The van der Waals surface area contributed by atoms with Crippen molar-refractivity contribution in [3.63, 3.8) is 0 Å². The van der Waals surface area contributed by atoms with Crippen LogP contribution in [0.4, 0.5) is 0 Å².